The molecule has 0 saturated heterocycles. The molecule has 1 rings (SSSR count). The van der Waals surface area contributed by atoms with Crippen molar-refractivity contribution >= 4 is 11.9 Å². The second-order valence-corrected chi connectivity index (χ2v) is 3.60. The zero-order valence-electron chi connectivity index (χ0n) is 10.9. The van der Waals surface area contributed by atoms with E-state index in [2.05, 4.69) is 9.97 Å². The molecule has 1 N–H and O–H groups in total. The van der Waals surface area contributed by atoms with Crippen LogP contribution in [0.15, 0.2) is 0 Å². The molecule has 0 aromatic carbocycles. The van der Waals surface area contributed by atoms with E-state index in [-0.39, 0.29) is 24.6 Å². The van der Waals surface area contributed by atoms with Crippen LogP contribution in [-0.2, 0) is 15.9 Å². The SMILES string of the molecule is CCCc1nc(C(=O)OCC)c(C(=O)OCC)[nH]1. The smallest absolute Gasteiger partial charge is 0.359 e. The van der Waals surface area contributed by atoms with Gasteiger partial charge in [-0.05, 0) is 20.3 Å². The second kappa shape index (κ2) is 6.78. The van der Waals surface area contributed by atoms with Gasteiger partial charge in [-0.1, -0.05) is 6.92 Å². The van der Waals surface area contributed by atoms with Crippen LogP contribution < -0.4 is 0 Å². The predicted molar refractivity (Wildman–Crippen MR) is 64.5 cm³/mol. The molecule has 0 unspecified atom stereocenters. The van der Waals surface area contributed by atoms with Crippen LogP contribution in [-0.4, -0.2) is 35.1 Å². The standard InChI is InChI=1S/C12H18N2O4/c1-4-7-8-13-9(11(15)17-5-2)10(14-8)12(16)18-6-3/h4-7H2,1-3H3,(H,13,14). The zero-order valence-corrected chi connectivity index (χ0v) is 10.9. The van der Waals surface area contributed by atoms with Crippen LogP contribution in [0.5, 0.6) is 0 Å². The molecule has 0 aliphatic carbocycles. The van der Waals surface area contributed by atoms with Gasteiger partial charge in [-0.15, -0.1) is 0 Å². The molecule has 6 nitrogen and oxygen atoms in total. The van der Waals surface area contributed by atoms with Crippen LogP contribution in [0.3, 0.4) is 0 Å². The quantitative estimate of drug-likeness (QED) is 0.781. The lowest BCUT2D eigenvalue weighted by Crippen LogP contribution is -2.13. The van der Waals surface area contributed by atoms with Crippen molar-refractivity contribution in [3.05, 3.63) is 17.2 Å². The van der Waals surface area contributed by atoms with Crippen LogP contribution in [0.2, 0.25) is 0 Å². The molecule has 100 valence electrons. The van der Waals surface area contributed by atoms with Crippen molar-refractivity contribution in [2.45, 2.75) is 33.6 Å². The first-order valence-electron chi connectivity index (χ1n) is 6.07. The van der Waals surface area contributed by atoms with E-state index in [1.807, 2.05) is 6.92 Å². The fourth-order valence-corrected chi connectivity index (χ4v) is 1.48. The Morgan fingerprint density at radius 3 is 2.28 bits per heavy atom. The van der Waals surface area contributed by atoms with Crippen molar-refractivity contribution in [3.63, 3.8) is 0 Å². The van der Waals surface area contributed by atoms with Crippen LogP contribution in [0.4, 0.5) is 0 Å². The summed E-state index contributed by atoms with van der Waals surface area (Å²) in [6.45, 7) is 5.85. The Hall–Kier alpha value is -1.85. The number of carbonyl (C=O) groups is 2. The molecule has 0 radical (unpaired) electrons. The number of H-pyrrole nitrogens is 1. The van der Waals surface area contributed by atoms with Crippen LogP contribution in [0.1, 0.15) is 54.0 Å². The lowest BCUT2D eigenvalue weighted by atomic mass is 10.3. The van der Waals surface area contributed by atoms with Crippen molar-refractivity contribution in [3.8, 4) is 0 Å². The molecule has 0 saturated carbocycles. The maximum Gasteiger partial charge on any atom is 0.359 e. The first-order valence-corrected chi connectivity index (χ1v) is 6.07. The topological polar surface area (TPSA) is 81.3 Å². The molecule has 0 bridgehead atoms. The number of imidazole rings is 1. The number of aromatic amines is 1. The summed E-state index contributed by atoms with van der Waals surface area (Å²) in [6, 6.07) is 0. The van der Waals surface area contributed by atoms with Gasteiger partial charge in [0.15, 0.2) is 11.4 Å². The normalized spacial score (nSPS) is 10.2. The average molecular weight is 254 g/mol. The summed E-state index contributed by atoms with van der Waals surface area (Å²) in [5.74, 6) is -0.613. The maximum absolute atomic E-state index is 11.7. The number of carbonyl (C=O) groups excluding carboxylic acids is 2. The highest BCUT2D eigenvalue weighted by Crippen LogP contribution is 2.11. The minimum atomic E-state index is -0.612. The monoisotopic (exact) mass is 254 g/mol. The van der Waals surface area contributed by atoms with Gasteiger partial charge in [0.2, 0.25) is 0 Å². The molecular formula is C12H18N2O4. The largest absolute Gasteiger partial charge is 0.461 e. The highest BCUT2D eigenvalue weighted by atomic mass is 16.5. The summed E-state index contributed by atoms with van der Waals surface area (Å²) in [6.07, 6.45) is 1.52. The molecule has 0 atom stereocenters. The molecule has 18 heavy (non-hydrogen) atoms. The van der Waals surface area contributed by atoms with E-state index in [9.17, 15) is 9.59 Å². The number of nitrogens with zero attached hydrogens (tertiary/aromatic N) is 1. The van der Waals surface area contributed by atoms with E-state index in [1.165, 1.54) is 0 Å². The Bertz CT molecular complexity index is 390. The summed E-state index contributed by atoms with van der Waals surface area (Å²) in [7, 11) is 0. The number of nitrogens with one attached hydrogen (secondary N) is 1. The molecular weight excluding hydrogens is 236 g/mol. The van der Waals surface area contributed by atoms with Crippen LogP contribution in [0, 0.1) is 0 Å². The Balaban J connectivity index is 3.04. The molecule has 0 aliphatic heterocycles. The first kappa shape index (κ1) is 14.2. The first-order chi connectivity index (χ1) is 8.63. The lowest BCUT2D eigenvalue weighted by molar-refractivity contribution is 0.0471. The van der Waals surface area contributed by atoms with Gasteiger partial charge in [0.25, 0.3) is 0 Å². The van der Waals surface area contributed by atoms with Gasteiger partial charge in [-0.2, -0.15) is 0 Å². The minimum Gasteiger partial charge on any atom is -0.461 e. The van der Waals surface area contributed by atoms with E-state index >= 15 is 0 Å². The Morgan fingerprint density at radius 2 is 1.72 bits per heavy atom. The van der Waals surface area contributed by atoms with Gasteiger partial charge in [0.05, 0.1) is 13.2 Å². The van der Waals surface area contributed by atoms with Gasteiger partial charge in [0, 0.05) is 6.42 Å². The summed E-state index contributed by atoms with van der Waals surface area (Å²) in [5.41, 5.74) is 0.0671. The van der Waals surface area contributed by atoms with Gasteiger partial charge < -0.3 is 14.5 Å². The fourth-order valence-electron chi connectivity index (χ4n) is 1.48. The Labute approximate surface area is 106 Å². The van der Waals surface area contributed by atoms with Crippen molar-refractivity contribution < 1.29 is 19.1 Å². The number of aryl methyl sites for hydroxylation is 1. The molecule has 1 aromatic heterocycles. The molecule has 0 spiro atoms. The molecule has 1 heterocycles. The molecule has 6 heteroatoms. The highest BCUT2D eigenvalue weighted by molar-refractivity contribution is 6.00. The van der Waals surface area contributed by atoms with E-state index in [0.717, 1.165) is 6.42 Å². The van der Waals surface area contributed by atoms with Crippen molar-refractivity contribution in [1.82, 2.24) is 9.97 Å². The zero-order chi connectivity index (χ0) is 13.5. The molecule has 1 aromatic rings. The van der Waals surface area contributed by atoms with Crippen LogP contribution in [0.25, 0.3) is 0 Å². The lowest BCUT2D eigenvalue weighted by Gasteiger charge is -2.01. The average Bonchev–Trinajstić information content (AvgIpc) is 2.74. The third kappa shape index (κ3) is 3.32. The number of aromatic nitrogens is 2. The van der Waals surface area contributed by atoms with Gasteiger partial charge in [-0.25, -0.2) is 14.6 Å². The third-order valence-corrected chi connectivity index (χ3v) is 2.19. The molecule has 0 fully saturated rings. The maximum atomic E-state index is 11.7. The van der Waals surface area contributed by atoms with Gasteiger partial charge in [-0.3, -0.25) is 0 Å². The summed E-state index contributed by atoms with van der Waals surface area (Å²) in [5, 5.41) is 0. The minimum absolute atomic E-state index is 0.00116. The van der Waals surface area contributed by atoms with E-state index in [1.54, 1.807) is 13.8 Å². The number of hydrogen-bond donors (Lipinski definition) is 1. The second-order valence-electron chi connectivity index (χ2n) is 3.60. The Kier molecular flexibility index (Phi) is 5.35. The highest BCUT2D eigenvalue weighted by Gasteiger charge is 2.24. The number of ether oxygens (including phenoxy) is 2. The summed E-state index contributed by atoms with van der Waals surface area (Å²) >= 11 is 0. The van der Waals surface area contributed by atoms with Crippen LogP contribution >= 0.6 is 0 Å². The number of esters is 2. The molecule has 0 amide bonds. The van der Waals surface area contributed by atoms with E-state index < -0.39 is 11.9 Å². The summed E-state index contributed by atoms with van der Waals surface area (Å²) in [4.78, 5) is 30.3. The number of hydrogen-bond acceptors (Lipinski definition) is 5. The van der Waals surface area contributed by atoms with Crippen molar-refractivity contribution in [2.24, 2.45) is 0 Å². The van der Waals surface area contributed by atoms with E-state index in [0.29, 0.717) is 12.2 Å². The fraction of sp³-hybridized carbons (Fsp3) is 0.583. The third-order valence-electron chi connectivity index (χ3n) is 2.19. The van der Waals surface area contributed by atoms with Gasteiger partial charge >= 0.3 is 11.9 Å². The van der Waals surface area contributed by atoms with E-state index in [4.69, 9.17) is 9.47 Å². The van der Waals surface area contributed by atoms with Gasteiger partial charge in [0.1, 0.15) is 5.82 Å². The van der Waals surface area contributed by atoms with Crippen molar-refractivity contribution in [2.75, 3.05) is 13.2 Å². The van der Waals surface area contributed by atoms with Crippen molar-refractivity contribution in [1.29, 1.82) is 0 Å². The predicted octanol–water partition coefficient (Wildman–Crippen LogP) is 1.72. The molecule has 0 aliphatic rings. The Morgan fingerprint density at radius 1 is 1.11 bits per heavy atom. The summed E-state index contributed by atoms with van der Waals surface area (Å²) < 4.78 is 9.73. The number of rotatable bonds is 6.